The predicted octanol–water partition coefficient (Wildman–Crippen LogP) is 5.03. The number of carbonyl (C=O) groups excluding carboxylic acids is 1. The molecule has 0 heterocycles. The van der Waals surface area contributed by atoms with Crippen LogP contribution < -0.4 is 0 Å². The molecule has 0 unspecified atom stereocenters. The Morgan fingerprint density at radius 2 is 1.37 bits per heavy atom. The lowest BCUT2D eigenvalue weighted by molar-refractivity contribution is 0.0450. The molecule has 0 amide bonds. The molecule has 1 rings (SSSR count). The van der Waals surface area contributed by atoms with Crippen molar-refractivity contribution < 1.29 is 32.7 Å². The minimum absolute atomic E-state index is 0.0312. The summed E-state index contributed by atoms with van der Waals surface area (Å²) >= 11 is 0. The van der Waals surface area contributed by atoms with E-state index in [1.54, 1.807) is 12.1 Å². The number of hydrogen-bond acceptors (Lipinski definition) is 6. The second-order valence-corrected chi connectivity index (χ2v) is 11.4. The van der Waals surface area contributed by atoms with E-state index in [9.17, 15) is 9.59 Å². The third-order valence-electron chi connectivity index (χ3n) is 3.85. The molecule has 0 aliphatic carbocycles. The van der Waals surface area contributed by atoms with E-state index in [1.807, 2.05) is 34.6 Å². The van der Waals surface area contributed by atoms with Crippen molar-refractivity contribution in [2.24, 2.45) is 5.92 Å². The highest BCUT2D eigenvalue weighted by Gasteiger charge is 2.52. The lowest BCUT2D eigenvalue weighted by Crippen LogP contribution is -2.53. The van der Waals surface area contributed by atoms with Gasteiger partial charge in [0.15, 0.2) is 0 Å². The number of aromatic carboxylic acids is 1. The average Bonchev–Trinajstić information content (AvgIpc) is 2.66. The van der Waals surface area contributed by atoms with Crippen LogP contribution in [0.2, 0.25) is 5.04 Å². The van der Waals surface area contributed by atoms with Crippen molar-refractivity contribution in [3.63, 3.8) is 0 Å². The van der Waals surface area contributed by atoms with Crippen molar-refractivity contribution in [3.05, 3.63) is 35.4 Å². The molecule has 0 aliphatic rings. The molecule has 0 saturated heterocycles. The van der Waals surface area contributed by atoms with Gasteiger partial charge >= 0.3 is 20.7 Å². The molecule has 172 valence electrons. The SMILES string of the molecule is CC(C)COC(=O)c1ccccc1C(=O)O.CCO[Si](OCC)(OCC)C(C)(C)C. The van der Waals surface area contributed by atoms with Gasteiger partial charge in [-0.25, -0.2) is 9.59 Å². The second kappa shape index (κ2) is 13.5. The maximum Gasteiger partial charge on any atom is 0.506 e. The molecular weight excluding hydrogens is 404 g/mol. The van der Waals surface area contributed by atoms with Crippen LogP contribution in [0.1, 0.15) is 76.1 Å². The van der Waals surface area contributed by atoms with Crippen LogP contribution in [-0.2, 0) is 18.0 Å². The summed E-state index contributed by atoms with van der Waals surface area (Å²) in [6.45, 7) is 18.3. The molecule has 1 aromatic carbocycles. The highest BCUT2D eigenvalue weighted by atomic mass is 28.4. The number of ether oxygens (including phenoxy) is 1. The Hall–Kier alpha value is -1.74. The first-order chi connectivity index (χ1) is 14.0. The van der Waals surface area contributed by atoms with Gasteiger partial charge in [0.05, 0.1) is 17.7 Å². The zero-order chi connectivity index (χ0) is 23.4. The number of hydrogen-bond donors (Lipinski definition) is 1. The minimum Gasteiger partial charge on any atom is -0.478 e. The van der Waals surface area contributed by atoms with Crippen molar-refractivity contribution in [2.45, 2.75) is 60.4 Å². The first-order valence-electron chi connectivity index (χ1n) is 10.4. The summed E-state index contributed by atoms with van der Waals surface area (Å²) in [4.78, 5) is 22.4. The van der Waals surface area contributed by atoms with Gasteiger partial charge in [0.25, 0.3) is 0 Å². The zero-order valence-electron chi connectivity index (χ0n) is 19.6. The quantitative estimate of drug-likeness (QED) is 0.401. The normalized spacial score (nSPS) is 11.6. The van der Waals surface area contributed by atoms with Crippen LogP contribution in [0, 0.1) is 5.92 Å². The van der Waals surface area contributed by atoms with E-state index < -0.39 is 20.7 Å². The first kappa shape index (κ1) is 28.3. The third-order valence-corrected chi connectivity index (χ3v) is 7.69. The fourth-order valence-corrected chi connectivity index (χ4v) is 5.20. The molecule has 8 heteroatoms. The molecule has 0 fully saturated rings. The largest absolute Gasteiger partial charge is 0.506 e. The molecule has 0 saturated carbocycles. The molecule has 30 heavy (non-hydrogen) atoms. The van der Waals surface area contributed by atoms with Gasteiger partial charge in [0.2, 0.25) is 0 Å². The van der Waals surface area contributed by atoms with Crippen LogP contribution in [0.4, 0.5) is 0 Å². The van der Waals surface area contributed by atoms with Crippen LogP contribution in [0.15, 0.2) is 24.3 Å². The monoisotopic (exact) mass is 442 g/mol. The Morgan fingerprint density at radius 1 is 0.933 bits per heavy atom. The van der Waals surface area contributed by atoms with E-state index in [-0.39, 0.29) is 28.7 Å². The van der Waals surface area contributed by atoms with E-state index in [1.165, 1.54) is 12.1 Å². The number of carbonyl (C=O) groups is 2. The van der Waals surface area contributed by atoms with E-state index in [4.69, 9.17) is 23.1 Å². The van der Waals surface area contributed by atoms with Gasteiger partial charge in [-0.15, -0.1) is 0 Å². The molecule has 1 N–H and O–H groups in total. The fourth-order valence-electron chi connectivity index (χ4n) is 2.51. The lowest BCUT2D eigenvalue weighted by Gasteiger charge is -2.38. The minimum atomic E-state index is -2.50. The first-order valence-corrected chi connectivity index (χ1v) is 12.1. The summed E-state index contributed by atoms with van der Waals surface area (Å²) < 4.78 is 22.3. The fraction of sp³-hybridized carbons (Fsp3) is 0.636. The standard InChI is InChI=1S/C12H14O4.C10H24O3Si/c1-8(2)7-16-12(15)10-6-4-3-5-9(10)11(13)14;1-7-11-14(12-8-2,13-9-3)10(4,5)6/h3-6,8H,7H2,1-2H3,(H,13,14);7-9H2,1-6H3. The Morgan fingerprint density at radius 3 is 1.70 bits per heavy atom. The Labute approximate surface area is 182 Å². The van der Waals surface area contributed by atoms with Gasteiger partial charge in [0, 0.05) is 24.9 Å². The van der Waals surface area contributed by atoms with Crippen LogP contribution >= 0.6 is 0 Å². The van der Waals surface area contributed by atoms with Gasteiger partial charge in [-0.2, -0.15) is 0 Å². The second-order valence-electron chi connectivity index (χ2n) is 7.95. The zero-order valence-corrected chi connectivity index (χ0v) is 20.6. The summed E-state index contributed by atoms with van der Waals surface area (Å²) in [6.07, 6.45) is 0. The van der Waals surface area contributed by atoms with E-state index in [0.29, 0.717) is 19.8 Å². The van der Waals surface area contributed by atoms with Crippen molar-refractivity contribution in [2.75, 3.05) is 26.4 Å². The van der Waals surface area contributed by atoms with Crippen molar-refractivity contribution in [3.8, 4) is 0 Å². The number of carboxylic acid groups (broad SMARTS) is 1. The van der Waals surface area contributed by atoms with E-state index in [2.05, 4.69) is 20.8 Å². The summed E-state index contributed by atoms with van der Waals surface area (Å²) in [5.74, 6) is -1.50. The topological polar surface area (TPSA) is 91.3 Å². The lowest BCUT2D eigenvalue weighted by atomic mass is 10.1. The van der Waals surface area contributed by atoms with Crippen molar-refractivity contribution in [1.82, 2.24) is 0 Å². The number of rotatable bonds is 10. The third kappa shape index (κ3) is 8.95. The number of benzene rings is 1. The maximum atomic E-state index is 11.6. The number of carboxylic acids is 1. The molecule has 0 aliphatic heterocycles. The van der Waals surface area contributed by atoms with Gasteiger partial charge in [0.1, 0.15) is 0 Å². The Bertz CT molecular complexity index is 636. The van der Waals surface area contributed by atoms with E-state index >= 15 is 0 Å². The highest BCUT2D eigenvalue weighted by Crippen LogP contribution is 2.38. The smallest absolute Gasteiger partial charge is 0.478 e. The number of esters is 1. The Kier molecular flexibility index (Phi) is 12.8. The predicted molar refractivity (Wildman–Crippen MR) is 119 cm³/mol. The molecule has 0 bridgehead atoms. The van der Waals surface area contributed by atoms with Crippen LogP contribution in [0.5, 0.6) is 0 Å². The molecule has 0 atom stereocenters. The van der Waals surface area contributed by atoms with E-state index in [0.717, 1.165) is 0 Å². The molecule has 0 aromatic heterocycles. The molecule has 0 radical (unpaired) electrons. The van der Waals surface area contributed by atoms with Crippen LogP contribution in [0.25, 0.3) is 0 Å². The van der Waals surface area contributed by atoms with Gasteiger partial charge in [-0.1, -0.05) is 46.8 Å². The van der Waals surface area contributed by atoms with Crippen molar-refractivity contribution >= 4 is 20.7 Å². The molecular formula is C22H38O7Si. The van der Waals surface area contributed by atoms with Gasteiger partial charge in [-0.05, 0) is 38.8 Å². The highest BCUT2D eigenvalue weighted by molar-refractivity contribution is 6.64. The Balaban J connectivity index is 0.000000567. The summed E-state index contributed by atoms with van der Waals surface area (Å²) in [7, 11) is -2.50. The average molecular weight is 443 g/mol. The molecule has 7 nitrogen and oxygen atoms in total. The molecule has 1 aromatic rings. The maximum absolute atomic E-state index is 11.6. The van der Waals surface area contributed by atoms with Gasteiger partial charge < -0.3 is 23.1 Å². The van der Waals surface area contributed by atoms with Crippen LogP contribution in [0.3, 0.4) is 0 Å². The van der Waals surface area contributed by atoms with Gasteiger partial charge in [-0.3, -0.25) is 0 Å². The molecule has 0 spiro atoms. The summed E-state index contributed by atoms with van der Waals surface area (Å²) in [5, 5.41) is 8.82. The van der Waals surface area contributed by atoms with Crippen molar-refractivity contribution in [1.29, 1.82) is 0 Å². The van der Waals surface area contributed by atoms with Crippen LogP contribution in [-0.4, -0.2) is 52.3 Å². The summed E-state index contributed by atoms with van der Waals surface area (Å²) in [5.41, 5.74) is 0.0620. The summed E-state index contributed by atoms with van der Waals surface area (Å²) in [6, 6.07) is 6.02.